The molecule has 1 aromatic carbocycles. The van der Waals surface area contributed by atoms with E-state index in [0.29, 0.717) is 18.1 Å². The second-order valence-corrected chi connectivity index (χ2v) is 8.69. The number of rotatable bonds is 6. The van der Waals surface area contributed by atoms with Crippen LogP contribution in [0.2, 0.25) is 0 Å². The molecule has 1 aliphatic rings. The maximum absolute atomic E-state index is 9.46. The van der Waals surface area contributed by atoms with E-state index in [0.717, 1.165) is 5.69 Å². The summed E-state index contributed by atoms with van der Waals surface area (Å²) in [6, 6.07) is 14.7. The Morgan fingerprint density at radius 1 is 1.06 bits per heavy atom. The first-order chi connectivity index (χ1) is 14.9. The molecule has 0 aliphatic carbocycles. The highest BCUT2D eigenvalue weighted by Gasteiger charge is 2.41. The van der Waals surface area contributed by atoms with Crippen molar-refractivity contribution in [2.24, 2.45) is 0 Å². The minimum atomic E-state index is -0.0423. The van der Waals surface area contributed by atoms with Crippen molar-refractivity contribution < 1.29 is 5.11 Å². The molecule has 1 aliphatic heterocycles. The summed E-state index contributed by atoms with van der Waals surface area (Å²) in [5, 5.41) is 13.7. The predicted octanol–water partition coefficient (Wildman–Crippen LogP) is 4.46. The highest BCUT2D eigenvalue weighted by Crippen LogP contribution is 2.41. The van der Waals surface area contributed by atoms with Crippen molar-refractivity contribution >= 4 is 17.3 Å². The first-order valence-electron chi connectivity index (χ1n) is 10.8. The molecule has 6 heteroatoms. The van der Waals surface area contributed by atoms with Crippen molar-refractivity contribution in [3.63, 3.8) is 0 Å². The van der Waals surface area contributed by atoms with Gasteiger partial charge in [0.2, 0.25) is 0 Å². The highest BCUT2D eigenvalue weighted by atomic mass is 32.1. The first-order valence-corrected chi connectivity index (χ1v) is 11.2. The summed E-state index contributed by atoms with van der Waals surface area (Å²) in [5.74, 6) is 0. The van der Waals surface area contributed by atoms with E-state index >= 15 is 0 Å². The van der Waals surface area contributed by atoms with Crippen LogP contribution in [0.15, 0.2) is 48.7 Å². The molecule has 0 unspecified atom stereocenters. The van der Waals surface area contributed by atoms with E-state index in [1.54, 1.807) is 0 Å². The van der Waals surface area contributed by atoms with Crippen LogP contribution in [0.25, 0.3) is 5.69 Å². The molecule has 3 aromatic rings. The van der Waals surface area contributed by atoms with Crippen molar-refractivity contribution in [3.8, 4) is 5.69 Å². The lowest BCUT2D eigenvalue weighted by Gasteiger charge is -2.28. The quantitative estimate of drug-likeness (QED) is 0.561. The number of thiocarbonyl (C=S) groups is 1. The maximum Gasteiger partial charge on any atom is 0.170 e. The number of para-hydroxylation sites is 1. The summed E-state index contributed by atoms with van der Waals surface area (Å²) >= 11 is 5.72. The molecule has 5 nitrogen and oxygen atoms in total. The van der Waals surface area contributed by atoms with Gasteiger partial charge < -0.3 is 19.9 Å². The molecule has 162 valence electrons. The van der Waals surface area contributed by atoms with E-state index in [-0.39, 0.29) is 18.7 Å². The number of aliphatic hydroxyl groups excluding tert-OH is 1. The lowest BCUT2D eigenvalue weighted by molar-refractivity contribution is 0.247. The number of hydrogen-bond acceptors (Lipinski definition) is 3. The lowest BCUT2D eigenvalue weighted by Crippen LogP contribution is -2.31. The van der Waals surface area contributed by atoms with Gasteiger partial charge in [-0.3, -0.25) is 4.98 Å². The number of hydrogen-bond donors (Lipinski definition) is 2. The first kappa shape index (κ1) is 21.5. The third-order valence-corrected chi connectivity index (χ3v) is 6.56. The average molecular weight is 435 g/mol. The molecule has 2 N–H and O–H groups in total. The standard InChI is InChI=1S/C25H30N4OS/c1-16-9-7-10-17(2)23(16)29-18(3)15-20(19(29)4)24-22(21-11-5-6-12-26-21)27-25(31)28(24)13-8-14-30/h5-7,9-12,15,22,24,30H,8,13-14H2,1-4H3,(H,27,31)/t22-,24+/m0/s1. The summed E-state index contributed by atoms with van der Waals surface area (Å²) < 4.78 is 2.36. The minimum Gasteiger partial charge on any atom is -0.396 e. The third-order valence-electron chi connectivity index (χ3n) is 6.21. The van der Waals surface area contributed by atoms with Gasteiger partial charge in [0.05, 0.1) is 23.5 Å². The van der Waals surface area contributed by atoms with Crippen molar-refractivity contribution in [2.45, 2.75) is 46.2 Å². The van der Waals surface area contributed by atoms with Gasteiger partial charge in [0.25, 0.3) is 0 Å². The molecular weight excluding hydrogens is 404 g/mol. The van der Waals surface area contributed by atoms with E-state index in [2.05, 4.69) is 71.7 Å². The lowest BCUT2D eigenvalue weighted by atomic mass is 9.96. The van der Waals surface area contributed by atoms with Gasteiger partial charge in [-0.05, 0) is 81.2 Å². The number of aryl methyl sites for hydroxylation is 3. The molecule has 3 heterocycles. The van der Waals surface area contributed by atoms with Gasteiger partial charge in [0.15, 0.2) is 5.11 Å². The molecule has 0 bridgehead atoms. The van der Waals surface area contributed by atoms with Gasteiger partial charge in [-0.25, -0.2) is 0 Å². The molecule has 31 heavy (non-hydrogen) atoms. The monoisotopic (exact) mass is 434 g/mol. The smallest absolute Gasteiger partial charge is 0.170 e. The van der Waals surface area contributed by atoms with Gasteiger partial charge in [-0.15, -0.1) is 0 Å². The van der Waals surface area contributed by atoms with E-state index < -0.39 is 0 Å². The average Bonchev–Trinajstić information content (AvgIpc) is 3.23. The van der Waals surface area contributed by atoms with Gasteiger partial charge >= 0.3 is 0 Å². The number of nitrogens with one attached hydrogen (secondary N) is 1. The van der Waals surface area contributed by atoms with E-state index in [1.807, 2.05) is 24.4 Å². The molecule has 1 saturated heterocycles. The predicted molar refractivity (Wildman–Crippen MR) is 129 cm³/mol. The van der Waals surface area contributed by atoms with Gasteiger partial charge in [-0.2, -0.15) is 0 Å². The topological polar surface area (TPSA) is 53.3 Å². The molecule has 0 spiro atoms. The Kier molecular flexibility index (Phi) is 6.12. The Morgan fingerprint density at radius 3 is 2.45 bits per heavy atom. The number of nitrogens with zero attached hydrogens (tertiary/aromatic N) is 3. The fourth-order valence-electron chi connectivity index (χ4n) is 4.82. The van der Waals surface area contributed by atoms with Crippen LogP contribution in [-0.2, 0) is 0 Å². The molecule has 0 radical (unpaired) electrons. The Morgan fingerprint density at radius 2 is 1.81 bits per heavy atom. The number of pyridine rings is 1. The Labute approximate surface area is 189 Å². The molecular formula is C25H30N4OS. The molecule has 1 fully saturated rings. The molecule has 2 atom stereocenters. The van der Waals surface area contributed by atoms with Crippen LogP contribution < -0.4 is 5.32 Å². The zero-order valence-electron chi connectivity index (χ0n) is 18.6. The Bertz CT molecular complexity index is 1070. The SMILES string of the molecule is Cc1cccc(C)c1-n1c(C)cc([C@@H]2[C@H](c3ccccn3)NC(=S)N2CCCO)c1C. The summed E-state index contributed by atoms with van der Waals surface area (Å²) in [6.45, 7) is 9.52. The van der Waals surface area contributed by atoms with Gasteiger partial charge in [0.1, 0.15) is 0 Å². The fourth-order valence-corrected chi connectivity index (χ4v) is 5.15. The number of aliphatic hydroxyl groups is 1. The summed E-state index contributed by atoms with van der Waals surface area (Å²) in [7, 11) is 0. The molecule has 4 rings (SSSR count). The van der Waals surface area contributed by atoms with Crippen LogP contribution in [0.1, 0.15) is 52.3 Å². The molecule has 0 saturated carbocycles. The van der Waals surface area contributed by atoms with Crippen molar-refractivity contribution in [1.29, 1.82) is 0 Å². The fraction of sp³-hybridized carbons (Fsp3) is 0.360. The maximum atomic E-state index is 9.46. The van der Waals surface area contributed by atoms with Crippen LogP contribution in [-0.4, -0.2) is 37.8 Å². The second-order valence-electron chi connectivity index (χ2n) is 8.30. The molecule has 0 amide bonds. The van der Waals surface area contributed by atoms with Gasteiger partial charge in [0, 0.05) is 30.7 Å². The summed E-state index contributed by atoms with van der Waals surface area (Å²) in [5.41, 5.74) is 8.37. The Balaban J connectivity index is 1.86. The summed E-state index contributed by atoms with van der Waals surface area (Å²) in [4.78, 5) is 6.84. The van der Waals surface area contributed by atoms with Crippen LogP contribution in [0.3, 0.4) is 0 Å². The van der Waals surface area contributed by atoms with E-state index in [1.165, 1.54) is 33.8 Å². The van der Waals surface area contributed by atoms with Crippen molar-refractivity contribution in [3.05, 3.63) is 82.4 Å². The second kappa shape index (κ2) is 8.81. The van der Waals surface area contributed by atoms with E-state index in [9.17, 15) is 5.11 Å². The zero-order valence-corrected chi connectivity index (χ0v) is 19.4. The normalized spacial score (nSPS) is 18.5. The van der Waals surface area contributed by atoms with Gasteiger partial charge in [-0.1, -0.05) is 24.3 Å². The summed E-state index contributed by atoms with van der Waals surface area (Å²) in [6.07, 6.45) is 2.50. The number of benzene rings is 1. The van der Waals surface area contributed by atoms with E-state index in [4.69, 9.17) is 12.2 Å². The van der Waals surface area contributed by atoms with Crippen LogP contribution in [0.4, 0.5) is 0 Å². The van der Waals surface area contributed by atoms with Crippen LogP contribution in [0, 0.1) is 27.7 Å². The van der Waals surface area contributed by atoms with Crippen molar-refractivity contribution in [2.75, 3.05) is 13.2 Å². The minimum absolute atomic E-state index is 0.0122. The zero-order chi connectivity index (χ0) is 22.1. The van der Waals surface area contributed by atoms with Crippen LogP contribution >= 0.6 is 12.2 Å². The molecule has 2 aromatic heterocycles. The van der Waals surface area contributed by atoms with Crippen molar-refractivity contribution in [1.82, 2.24) is 19.8 Å². The van der Waals surface area contributed by atoms with Crippen LogP contribution in [0.5, 0.6) is 0 Å². The third kappa shape index (κ3) is 3.86. The Hall–Kier alpha value is -2.70. The largest absolute Gasteiger partial charge is 0.396 e. The highest BCUT2D eigenvalue weighted by molar-refractivity contribution is 7.80. The number of aromatic nitrogens is 2.